The van der Waals surface area contributed by atoms with Gasteiger partial charge in [-0.1, -0.05) is 18.2 Å². The molecule has 47 heavy (non-hydrogen) atoms. The number of fused-ring (bicyclic) bond motifs is 1. The quantitative estimate of drug-likeness (QED) is 0.148. The van der Waals surface area contributed by atoms with Gasteiger partial charge >= 0.3 is 257 Å². The summed E-state index contributed by atoms with van der Waals surface area (Å²) >= 11 is 0. The van der Waals surface area contributed by atoms with Crippen molar-refractivity contribution in [1.82, 2.24) is 0 Å². The Labute approximate surface area is 274 Å². The molecule has 1 aliphatic heterocycles. The number of para-hydroxylation sites is 1. The second-order valence-electron chi connectivity index (χ2n) is 12.2. The molecule has 0 spiro atoms. The number of hydrogen-bond donors (Lipinski definition) is 1. The molecule has 0 radical (unpaired) electrons. The van der Waals surface area contributed by atoms with Crippen LogP contribution in [0.3, 0.4) is 0 Å². The molecule has 6 aromatic carbocycles. The van der Waals surface area contributed by atoms with Crippen molar-refractivity contribution >= 4 is 45.6 Å². The molecule has 0 aromatic heterocycles. The number of amides is 2. The van der Waals surface area contributed by atoms with Gasteiger partial charge in [0.2, 0.25) is 0 Å². The molecule has 2 amide bonds. The van der Waals surface area contributed by atoms with Crippen LogP contribution in [-0.2, 0) is 0 Å². The number of anilines is 1. The molecule has 0 unspecified atom stereocenters. The first-order valence-electron chi connectivity index (χ1n) is 15.5. The Bertz CT molecular complexity index is 2010. The van der Waals surface area contributed by atoms with Gasteiger partial charge in [0.15, 0.2) is 0 Å². The number of carbonyl (C=O) groups excluding carboxylic acids is 2. The van der Waals surface area contributed by atoms with E-state index in [0.29, 0.717) is 28.3 Å². The summed E-state index contributed by atoms with van der Waals surface area (Å²) in [6.07, 6.45) is 0. The van der Waals surface area contributed by atoms with Crippen molar-refractivity contribution in [3.05, 3.63) is 173 Å². The van der Waals surface area contributed by atoms with E-state index in [1.54, 1.807) is 42.5 Å². The Balaban J connectivity index is 1.31. The van der Waals surface area contributed by atoms with Crippen molar-refractivity contribution in [2.24, 2.45) is 0 Å². The summed E-state index contributed by atoms with van der Waals surface area (Å²) < 4.78 is 6.24. The number of carbonyl (C=O) groups is 2. The molecular weight excluding hydrogens is 601 g/mol. The van der Waals surface area contributed by atoms with Gasteiger partial charge in [0.1, 0.15) is 0 Å². The molecule has 232 valence electrons. The van der Waals surface area contributed by atoms with E-state index >= 15 is 0 Å². The third kappa shape index (κ3) is 4.87. The third-order valence-electron chi connectivity index (χ3n) is 9.06. The summed E-state index contributed by atoms with van der Waals surface area (Å²) in [4.78, 5) is 41.4. The molecule has 1 aliphatic rings. The van der Waals surface area contributed by atoms with Crippen molar-refractivity contribution in [2.75, 3.05) is 4.90 Å². The zero-order chi connectivity index (χ0) is 32.8. The van der Waals surface area contributed by atoms with Gasteiger partial charge in [-0.25, -0.2) is 0 Å². The predicted molar refractivity (Wildman–Crippen MR) is 192 cm³/mol. The number of benzene rings is 6. The topological polar surface area (TPSA) is 66.8 Å². The van der Waals surface area contributed by atoms with Gasteiger partial charge in [0.25, 0.3) is 0 Å². The molecule has 0 bridgehead atoms. The van der Waals surface area contributed by atoms with Crippen LogP contribution in [0.5, 0.6) is 11.5 Å². The summed E-state index contributed by atoms with van der Waals surface area (Å²) in [5.74, 6) is 0.227. The Kier molecular flexibility index (Phi) is 7.40. The summed E-state index contributed by atoms with van der Waals surface area (Å²) in [7, 11) is 0. The molecule has 6 heteroatoms. The van der Waals surface area contributed by atoms with E-state index in [1.165, 1.54) is 4.90 Å². The maximum absolute atomic E-state index is 13.8. The summed E-state index contributed by atoms with van der Waals surface area (Å²) in [5, 5.41) is 3.29. The van der Waals surface area contributed by atoms with Gasteiger partial charge in [-0.15, -0.1) is 0 Å². The van der Waals surface area contributed by atoms with Crippen LogP contribution < -0.4 is 30.9 Å². The first-order valence-corrected chi connectivity index (χ1v) is 17.7. The number of hydrogen-bond acceptors (Lipinski definition) is 4. The normalized spacial score (nSPS) is 13.6. The van der Waals surface area contributed by atoms with Gasteiger partial charge in [-0.05, 0) is 0 Å². The average molecular weight is 636 g/mol. The minimum atomic E-state index is -4.23. The minimum absolute atomic E-state index is 0.298. The Hall–Kier alpha value is -5.35. The van der Waals surface area contributed by atoms with Crippen LogP contribution in [0, 0.1) is 20.8 Å². The molecule has 0 saturated carbocycles. The van der Waals surface area contributed by atoms with E-state index in [4.69, 9.17) is 4.74 Å². The maximum atomic E-state index is 13.8. The molecular formula is C41H34NO4P. The Morgan fingerprint density at radius 2 is 0.894 bits per heavy atom. The number of imide groups is 1. The van der Waals surface area contributed by atoms with E-state index in [2.05, 4.69) is 0 Å². The molecule has 0 fully saturated rings. The molecule has 1 N–H and O–H groups in total. The van der Waals surface area contributed by atoms with Crippen molar-refractivity contribution < 1.29 is 19.2 Å². The molecule has 1 heterocycles. The zero-order valence-electron chi connectivity index (χ0n) is 26.4. The fraction of sp³-hybridized carbons (Fsp3) is 0.0732. The van der Waals surface area contributed by atoms with E-state index in [1.807, 2.05) is 124 Å². The van der Waals surface area contributed by atoms with E-state index in [9.17, 15) is 14.5 Å². The zero-order valence-corrected chi connectivity index (χ0v) is 27.3. The van der Waals surface area contributed by atoms with Crippen LogP contribution in [0.1, 0.15) is 37.4 Å². The second-order valence-corrected chi connectivity index (χ2v) is 16.4. The molecule has 5 nitrogen and oxygen atoms in total. The van der Waals surface area contributed by atoms with Gasteiger partial charge in [-0.3, -0.25) is 0 Å². The average Bonchev–Trinajstić information content (AvgIpc) is 3.34. The van der Waals surface area contributed by atoms with Crippen LogP contribution in [-0.4, -0.2) is 16.7 Å². The van der Waals surface area contributed by atoms with Crippen molar-refractivity contribution in [3.8, 4) is 11.5 Å². The Morgan fingerprint density at radius 1 is 0.489 bits per heavy atom. The number of aryl methyl sites for hydroxylation is 3. The SMILES string of the molecule is Cc1ccc(P(O)(c2ccc(C)cc2)(c2ccc(C)cc2)c2ccc(Oc3ccc4c(c3)C(=O)N(c3ccccc3)C4=O)cc2)cc1. The molecule has 7 rings (SSSR count). The number of rotatable bonds is 7. The van der Waals surface area contributed by atoms with Crippen LogP contribution in [0.4, 0.5) is 5.69 Å². The standard InChI is InChI=1S/C41H34NO4P/c1-28-9-18-34(19-10-28)47(45,35-20-11-29(2)12-21-35,36-22-13-30(3)14-23-36)37-24-15-32(16-25-37)46-33-17-26-38-39(27-33)41(44)42(40(38)43)31-7-5-4-6-8-31/h4-27,45H,1-3H3. The summed E-state index contributed by atoms with van der Waals surface area (Å²) in [6.45, 7) is 1.90. The van der Waals surface area contributed by atoms with Crippen LogP contribution in [0.15, 0.2) is 146 Å². The molecule has 6 aromatic rings. The first-order chi connectivity index (χ1) is 22.7. The van der Waals surface area contributed by atoms with Crippen molar-refractivity contribution in [2.45, 2.75) is 20.8 Å². The van der Waals surface area contributed by atoms with Crippen LogP contribution in [0.2, 0.25) is 0 Å². The summed E-state index contributed by atoms with van der Waals surface area (Å²) in [5.41, 5.74) is 4.49. The molecule has 0 atom stereocenters. The van der Waals surface area contributed by atoms with Gasteiger partial charge < -0.3 is 0 Å². The number of nitrogens with zero attached hydrogens (tertiary/aromatic N) is 1. The van der Waals surface area contributed by atoms with Crippen molar-refractivity contribution in [1.29, 1.82) is 0 Å². The predicted octanol–water partition coefficient (Wildman–Crippen LogP) is 7.27. The van der Waals surface area contributed by atoms with Gasteiger partial charge in [-0.2, -0.15) is 0 Å². The van der Waals surface area contributed by atoms with E-state index in [0.717, 1.165) is 37.9 Å². The molecule has 0 saturated heterocycles. The Morgan fingerprint density at radius 3 is 1.36 bits per heavy atom. The van der Waals surface area contributed by atoms with Crippen LogP contribution in [0.25, 0.3) is 0 Å². The van der Waals surface area contributed by atoms with Crippen molar-refractivity contribution in [3.63, 3.8) is 0 Å². The fourth-order valence-corrected chi connectivity index (χ4v) is 11.1. The first kappa shape index (κ1) is 30.3. The monoisotopic (exact) mass is 635 g/mol. The fourth-order valence-electron chi connectivity index (χ4n) is 6.44. The second kappa shape index (κ2) is 11.5. The van der Waals surface area contributed by atoms with Crippen LogP contribution >= 0.6 is 6.83 Å². The summed E-state index contributed by atoms with van der Waals surface area (Å²) in [6, 6.07) is 45.9. The number of ether oxygens (including phenoxy) is 1. The van der Waals surface area contributed by atoms with Gasteiger partial charge in [0, 0.05) is 0 Å². The van der Waals surface area contributed by atoms with E-state index in [-0.39, 0.29) is 11.8 Å². The third-order valence-corrected chi connectivity index (χ3v) is 14.3. The van der Waals surface area contributed by atoms with E-state index < -0.39 is 6.83 Å². The molecule has 0 aliphatic carbocycles. The van der Waals surface area contributed by atoms with Gasteiger partial charge in [0.05, 0.1) is 0 Å².